The number of nitrogens with zero attached hydrogens (tertiary/aromatic N) is 2. The molecule has 0 atom stereocenters. The number of carbonyl (C=O) groups is 2. The average molecular weight is 392 g/mol. The molecule has 2 aromatic heterocycles. The fraction of sp³-hybridized carbons (Fsp3) is 0.364. The van der Waals surface area contributed by atoms with Crippen LogP contribution in [0.3, 0.4) is 0 Å². The minimum atomic E-state index is -0.611. The molecule has 1 aliphatic carbocycles. The third-order valence-electron chi connectivity index (χ3n) is 4.92. The Kier molecular flexibility index (Phi) is 6.13. The molecule has 3 rings (SSSR count). The summed E-state index contributed by atoms with van der Waals surface area (Å²) in [5.74, 6) is 6.43. The van der Waals surface area contributed by atoms with Crippen molar-refractivity contribution in [1.82, 2.24) is 14.9 Å². The Hall–Kier alpha value is -3.40. The quantitative estimate of drug-likeness (QED) is 0.784. The van der Waals surface area contributed by atoms with Crippen molar-refractivity contribution in [2.24, 2.45) is 7.05 Å². The number of carbonyl (C=O) groups excluding carboxylic acids is 2. The van der Waals surface area contributed by atoms with Crippen molar-refractivity contribution in [2.75, 3.05) is 5.32 Å². The average Bonchev–Trinajstić information content (AvgIpc) is 2.70. The van der Waals surface area contributed by atoms with Gasteiger partial charge in [-0.1, -0.05) is 31.1 Å². The molecule has 0 unspecified atom stereocenters. The van der Waals surface area contributed by atoms with Gasteiger partial charge in [-0.05, 0) is 31.0 Å². The number of aromatic nitrogens is 2. The molecular weight excluding hydrogens is 368 g/mol. The van der Waals surface area contributed by atoms with Crippen LogP contribution in [-0.4, -0.2) is 26.9 Å². The summed E-state index contributed by atoms with van der Waals surface area (Å²) < 4.78 is 1.39. The molecule has 7 nitrogen and oxygen atoms in total. The van der Waals surface area contributed by atoms with E-state index in [0.29, 0.717) is 16.9 Å². The van der Waals surface area contributed by atoms with Crippen molar-refractivity contribution in [1.29, 1.82) is 0 Å². The highest BCUT2D eigenvalue weighted by Crippen LogP contribution is 2.28. The molecule has 0 saturated heterocycles. The van der Waals surface area contributed by atoms with E-state index >= 15 is 0 Å². The highest BCUT2D eigenvalue weighted by molar-refractivity contribution is 5.94. The van der Waals surface area contributed by atoms with Crippen molar-refractivity contribution in [3.05, 3.63) is 58.1 Å². The minimum Gasteiger partial charge on any atom is -0.336 e. The van der Waals surface area contributed by atoms with Crippen molar-refractivity contribution in [3.8, 4) is 11.8 Å². The maximum Gasteiger partial charge on any atom is 0.253 e. The van der Waals surface area contributed by atoms with Crippen LogP contribution in [0, 0.1) is 11.8 Å². The minimum absolute atomic E-state index is 0.163. The number of aryl methyl sites for hydroxylation is 1. The maximum atomic E-state index is 12.8. The highest BCUT2D eigenvalue weighted by atomic mass is 16.2. The fourth-order valence-electron chi connectivity index (χ4n) is 3.37. The Morgan fingerprint density at radius 3 is 2.52 bits per heavy atom. The predicted octanol–water partition coefficient (Wildman–Crippen LogP) is 2.22. The number of amides is 2. The van der Waals surface area contributed by atoms with E-state index in [2.05, 4.69) is 27.5 Å². The van der Waals surface area contributed by atoms with E-state index in [1.807, 2.05) is 0 Å². The molecule has 2 N–H and O–H groups in total. The lowest BCUT2D eigenvalue weighted by Crippen LogP contribution is -2.49. The Bertz CT molecular complexity index is 1020. The molecule has 2 amide bonds. The van der Waals surface area contributed by atoms with Crippen LogP contribution >= 0.6 is 0 Å². The molecule has 1 fully saturated rings. The first-order valence-corrected chi connectivity index (χ1v) is 9.63. The molecule has 0 spiro atoms. The van der Waals surface area contributed by atoms with Gasteiger partial charge in [0.2, 0.25) is 11.5 Å². The second kappa shape index (κ2) is 8.74. The zero-order valence-electron chi connectivity index (χ0n) is 16.6. The molecule has 2 heterocycles. The molecule has 2 aromatic rings. The van der Waals surface area contributed by atoms with Gasteiger partial charge in [-0.15, -0.1) is 0 Å². The molecule has 1 aliphatic rings. The number of hydrogen-bond donors (Lipinski definition) is 2. The maximum absolute atomic E-state index is 12.8. The number of nitrogens with one attached hydrogen (secondary N) is 2. The standard InChI is InChI=1S/C22H24N4O3/c1-16(27)24-19-8-6-17(14-23-19)10-13-22(11-4-3-5-12-22)25-21(29)18-7-9-20(28)26(2)15-18/h6-9,14-15H,3-5,11-12H2,1-2H3,(H,25,29)(H,23,24,27). The molecule has 0 bridgehead atoms. The third-order valence-corrected chi connectivity index (χ3v) is 4.92. The van der Waals surface area contributed by atoms with E-state index in [9.17, 15) is 14.4 Å². The van der Waals surface area contributed by atoms with Gasteiger partial charge in [0.15, 0.2) is 0 Å². The molecule has 0 aliphatic heterocycles. The summed E-state index contributed by atoms with van der Waals surface area (Å²) in [6, 6.07) is 6.40. The highest BCUT2D eigenvalue weighted by Gasteiger charge is 2.32. The van der Waals surface area contributed by atoms with Crippen LogP contribution in [-0.2, 0) is 11.8 Å². The predicted molar refractivity (Wildman–Crippen MR) is 110 cm³/mol. The van der Waals surface area contributed by atoms with E-state index in [4.69, 9.17) is 0 Å². The topological polar surface area (TPSA) is 93.1 Å². The van der Waals surface area contributed by atoms with Gasteiger partial charge < -0.3 is 15.2 Å². The second-order valence-corrected chi connectivity index (χ2v) is 7.33. The first-order chi connectivity index (χ1) is 13.9. The number of pyridine rings is 2. The molecule has 150 valence electrons. The molecule has 0 aromatic carbocycles. The van der Waals surface area contributed by atoms with Crippen molar-refractivity contribution >= 4 is 17.6 Å². The van der Waals surface area contributed by atoms with Gasteiger partial charge in [0.05, 0.1) is 5.56 Å². The zero-order valence-corrected chi connectivity index (χ0v) is 16.6. The van der Waals surface area contributed by atoms with Gasteiger partial charge in [0.25, 0.3) is 5.91 Å². The largest absolute Gasteiger partial charge is 0.336 e. The normalized spacial score (nSPS) is 15.0. The van der Waals surface area contributed by atoms with Gasteiger partial charge in [-0.2, -0.15) is 0 Å². The summed E-state index contributed by atoms with van der Waals surface area (Å²) >= 11 is 0. The van der Waals surface area contributed by atoms with Gasteiger partial charge in [-0.25, -0.2) is 4.98 Å². The lowest BCUT2D eigenvalue weighted by atomic mass is 9.81. The summed E-state index contributed by atoms with van der Waals surface area (Å²) in [5, 5.41) is 5.72. The van der Waals surface area contributed by atoms with Gasteiger partial charge >= 0.3 is 0 Å². The molecule has 7 heteroatoms. The number of hydrogen-bond acceptors (Lipinski definition) is 4. The zero-order chi connectivity index (χ0) is 20.9. The van der Waals surface area contributed by atoms with Crippen LogP contribution in [0.5, 0.6) is 0 Å². The van der Waals surface area contributed by atoms with E-state index in [-0.39, 0.29) is 17.4 Å². The Balaban J connectivity index is 1.81. The number of anilines is 1. The van der Waals surface area contributed by atoms with Crippen molar-refractivity contribution in [3.63, 3.8) is 0 Å². The summed E-state index contributed by atoms with van der Waals surface area (Å²) in [4.78, 5) is 39.6. The Morgan fingerprint density at radius 1 is 1.14 bits per heavy atom. The van der Waals surface area contributed by atoms with Crippen LogP contribution in [0.2, 0.25) is 0 Å². The second-order valence-electron chi connectivity index (χ2n) is 7.33. The Morgan fingerprint density at radius 2 is 1.90 bits per heavy atom. The molecular formula is C22H24N4O3. The Labute approximate surface area is 169 Å². The van der Waals surface area contributed by atoms with Crippen LogP contribution < -0.4 is 16.2 Å². The fourth-order valence-corrected chi connectivity index (χ4v) is 3.37. The first kappa shape index (κ1) is 20.3. The van der Waals surface area contributed by atoms with Gasteiger partial charge in [0.1, 0.15) is 11.4 Å². The van der Waals surface area contributed by atoms with Crippen LogP contribution in [0.15, 0.2) is 41.5 Å². The van der Waals surface area contributed by atoms with Crippen LogP contribution in [0.25, 0.3) is 0 Å². The molecule has 0 radical (unpaired) electrons. The van der Waals surface area contributed by atoms with Gasteiger partial charge in [-0.3, -0.25) is 14.4 Å². The summed E-state index contributed by atoms with van der Waals surface area (Å²) in [6.07, 6.45) is 7.77. The smallest absolute Gasteiger partial charge is 0.253 e. The lowest BCUT2D eigenvalue weighted by Gasteiger charge is -2.33. The monoisotopic (exact) mass is 392 g/mol. The van der Waals surface area contributed by atoms with E-state index < -0.39 is 5.54 Å². The van der Waals surface area contributed by atoms with Crippen LogP contribution in [0.1, 0.15) is 54.9 Å². The van der Waals surface area contributed by atoms with Crippen LogP contribution in [0.4, 0.5) is 5.82 Å². The lowest BCUT2D eigenvalue weighted by molar-refractivity contribution is -0.114. The molecule has 1 saturated carbocycles. The molecule has 29 heavy (non-hydrogen) atoms. The van der Waals surface area contributed by atoms with E-state index in [1.165, 1.54) is 29.8 Å². The SMILES string of the molecule is CC(=O)Nc1ccc(C#CC2(NC(=O)c3ccc(=O)n(C)c3)CCCCC2)cn1. The first-order valence-electron chi connectivity index (χ1n) is 9.63. The number of rotatable bonds is 3. The summed E-state index contributed by atoms with van der Waals surface area (Å²) in [6.45, 7) is 1.43. The van der Waals surface area contributed by atoms with Crippen molar-refractivity contribution in [2.45, 2.75) is 44.6 Å². The van der Waals surface area contributed by atoms with Gasteiger partial charge in [0, 0.05) is 38.0 Å². The third kappa shape index (κ3) is 5.32. The summed E-state index contributed by atoms with van der Waals surface area (Å²) in [5.41, 5.74) is 0.366. The van der Waals surface area contributed by atoms with Crippen molar-refractivity contribution < 1.29 is 9.59 Å². The van der Waals surface area contributed by atoms with E-state index in [1.54, 1.807) is 25.4 Å². The van der Waals surface area contributed by atoms with E-state index in [0.717, 1.165) is 32.1 Å². The summed E-state index contributed by atoms with van der Waals surface area (Å²) in [7, 11) is 1.62.